The van der Waals surface area contributed by atoms with E-state index in [1.54, 1.807) is 30.3 Å². The zero-order chi connectivity index (χ0) is 14.0. The lowest BCUT2D eigenvalue weighted by molar-refractivity contribution is 0.178. The van der Waals surface area contributed by atoms with Gasteiger partial charge in [-0.1, -0.05) is 23.7 Å². The third kappa shape index (κ3) is 3.78. The molecule has 0 aliphatic heterocycles. The van der Waals surface area contributed by atoms with Gasteiger partial charge in [0.25, 0.3) is 0 Å². The molecule has 1 atom stereocenters. The van der Waals surface area contributed by atoms with Gasteiger partial charge in [-0.2, -0.15) is 0 Å². The second kappa shape index (κ2) is 6.35. The van der Waals surface area contributed by atoms with Crippen LogP contribution in [0.3, 0.4) is 0 Å². The van der Waals surface area contributed by atoms with Crippen molar-refractivity contribution in [3.8, 4) is 0 Å². The van der Waals surface area contributed by atoms with Crippen LogP contribution in [0.1, 0.15) is 17.2 Å². The molecule has 1 N–H and O–H groups in total. The van der Waals surface area contributed by atoms with E-state index in [2.05, 4.69) is 31.9 Å². The van der Waals surface area contributed by atoms with E-state index in [9.17, 15) is 9.50 Å². The zero-order valence-corrected chi connectivity index (χ0v) is 13.6. The highest BCUT2D eigenvalue weighted by Gasteiger charge is 2.11. The molecule has 0 aliphatic carbocycles. The number of aliphatic hydroxyl groups is 1. The summed E-state index contributed by atoms with van der Waals surface area (Å²) in [6, 6.07) is 9.99. The molecule has 5 heteroatoms. The molecule has 19 heavy (non-hydrogen) atoms. The quantitative estimate of drug-likeness (QED) is 0.733. The van der Waals surface area contributed by atoms with Crippen molar-refractivity contribution in [3.05, 3.63) is 67.3 Å². The summed E-state index contributed by atoms with van der Waals surface area (Å²) in [5.41, 5.74) is 1.61. The Morgan fingerprint density at radius 3 is 2.47 bits per heavy atom. The second-order valence-corrected chi connectivity index (χ2v) is 6.26. The average molecular weight is 408 g/mol. The van der Waals surface area contributed by atoms with Crippen molar-refractivity contribution < 1.29 is 9.50 Å². The molecular formula is C14H10Br2ClFO. The van der Waals surface area contributed by atoms with Crippen LogP contribution < -0.4 is 0 Å². The van der Waals surface area contributed by atoms with Crippen LogP contribution in [0.2, 0.25) is 5.02 Å². The van der Waals surface area contributed by atoms with Gasteiger partial charge in [0.15, 0.2) is 0 Å². The molecule has 2 rings (SSSR count). The van der Waals surface area contributed by atoms with Crippen LogP contribution in [0.4, 0.5) is 4.39 Å². The molecule has 100 valence electrons. The van der Waals surface area contributed by atoms with Gasteiger partial charge in [-0.25, -0.2) is 4.39 Å². The molecule has 0 amide bonds. The number of rotatable bonds is 3. The first kappa shape index (κ1) is 15.0. The largest absolute Gasteiger partial charge is 0.388 e. The van der Waals surface area contributed by atoms with Crippen molar-refractivity contribution in [2.45, 2.75) is 12.5 Å². The number of hydrogen-bond acceptors (Lipinski definition) is 1. The van der Waals surface area contributed by atoms with Crippen molar-refractivity contribution in [1.29, 1.82) is 0 Å². The number of aliphatic hydroxyl groups excluding tert-OH is 1. The van der Waals surface area contributed by atoms with Crippen LogP contribution in [0.5, 0.6) is 0 Å². The van der Waals surface area contributed by atoms with E-state index in [4.69, 9.17) is 11.6 Å². The highest BCUT2D eigenvalue weighted by atomic mass is 79.9. The molecular weight excluding hydrogens is 398 g/mol. The van der Waals surface area contributed by atoms with Crippen molar-refractivity contribution >= 4 is 43.5 Å². The first-order chi connectivity index (χ1) is 8.97. The van der Waals surface area contributed by atoms with Gasteiger partial charge in [0.1, 0.15) is 5.82 Å². The summed E-state index contributed by atoms with van der Waals surface area (Å²) in [5, 5.41) is 10.8. The van der Waals surface area contributed by atoms with Crippen molar-refractivity contribution in [1.82, 2.24) is 0 Å². The fourth-order valence-corrected chi connectivity index (χ4v) is 2.67. The summed E-state index contributed by atoms with van der Waals surface area (Å²) in [6.07, 6.45) is -0.252. The molecule has 0 radical (unpaired) electrons. The Bertz CT molecular complexity index is 604. The minimum absolute atomic E-state index is 0.313. The van der Waals surface area contributed by atoms with E-state index in [0.29, 0.717) is 15.9 Å². The lowest BCUT2D eigenvalue weighted by Gasteiger charge is -2.12. The van der Waals surface area contributed by atoms with Gasteiger partial charge in [0.2, 0.25) is 0 Å². The minimum atomic E-state index is -0.661. The van der Waals surface area contributed by atoms with E-state index in [1.165, 1.54) is 6.07 Å². The fourth-order valence-electron chi connectivity index (χ4n) is 1.73. The SMILES string of the molecule is OC(Cc1ccc(F)c(Br)c1)c1ccc(Cl)c(Br)c1. The summed E-state index contributed by atoms with van der Waals surface area (Å²) in [6.45, 7) is 0. The van der Waals surface area contributed by atoms with E-state index in [0.717, 1.165) is 15.6 Å². The lowest BCUT2D eigenvalue weighted by Crippen LogP contribution is -2.02. The van der Waals surface area contributed by atoms with Gasteiger partial charge in [-0.3, -0.25) is 0 Å². The maximum atomic E-state index is 13.1. The van der Waals surface area contributed by atoms with Crippen LogP contribution in [-0.4, -0.2) is 5.11 Å². The molecule has 0 saturated heterocycles. The van der Waals surface area contributed by atoms with E-state index in [1.807, 2.05) is 0 Å². The molecule has 1 unspecified atom stereocenters. The predicted octanol–water partition coefficient (Wildman–Crippen LogP) is 5.28. The molecule has 0 saturated carbocycles. The van der Waals surface area contributed by atoms with Gasteiger partial charge < -0.3 is 5.11 Å². The van der Waals surface area contributed by atoms with Gasteiger partial charge in [0, 0.05) is 10.9 Å². The van der Waals surface area contributed by atoms with Gasteiger partial charge in [0.05, 0.1) is 15.6 Å². The number of hydrogen-bond donors (Lipinski definition) is 1. The Hall–Kier alpha value is -0.420. The lowest BCUT2D eigenvalue weighted by atomic mass is 10.0. The second-order valence-electron chi connectivity index (χ2n) is 4.14. The van der Waals surface area contributed by atoms with Gasteiger partial charge in [-0.05, 0) is 67.3 Å². The summed E-state index contributed by atoms with van der Waals surface area (Å²) < 4.78 is 14.3. The Morgan fingerprint density at radius 2 is 1.84 bits per heavy atom. The normalized spacial score (nSPS) is 12.5. The zero-order valence-electron chi connectivity index (χ0n) is 9.71. The van der Waals surface area contributed by atoms with Crippen LogP contribution in [0.15, 0.2) is 45.3 Å². The fraction of sp³-hybridized carbons (Fsp3) is 0.143. The topological polar surface area (TPSA) is 20.2 Å². The van der Waals surface area contributed by atoms with Crippen LogP contribution in [0, 0.1) is 5.82 Å². The Kier molecular flexibility index (Phi) is 5.01. The number of halogens is 4. The average Bonchev–Trinajstić information content (AvgIpc) is 2.37. The molecule has 0 spiro atoms. The summed E-state index contributed by atoms with van der Waals surface area (Å²) >= 11 is 12.4. The summed E-state index contributed by atoms with van der Waals surface area (Å²) in [4.78, 5) is 0. The maximum Gasteiger partial charge on any atom is 0.137 e. The first-order valence-corrected chi connectivity index (χ1v) is 7.50. The Morgan fingerprint density at radius 1 is 1.11 bits per heavy atom. The summed E-state index contributed by atoms with van der Waals surface area (Å²) in [7, 11) is 0. The standard InChI is InChI=1S/C14H10Br2ClFO/c15-10-7-9(2-3-12(10)17)14(19)6-8-1-4-13(18)11(16)5-8/h1-5,7,14,19H,6H2. The van der Waals surface area contributed by atoms with E-state index >= 15 is 0 Å². The smallest absolute Gasteiger partial charge is 0.137 e. The highest BCUT2D eigenvalue weighted by molar-refractivity contribution is 9.10. The van der Waals surface area contributed by atoms with Crippen molar-refractivity contribution in [2.24, 2.45) is 0 Å². The molecule has 0 aromatic heterocycles. The van der Waals surface area contributed by atoms with Crippen molar-refractivity contribution in [3.63, 3.8) is 0 Å². The van der Waals surface area contributed by atoms with Gasteiger partial charge >= 0.3 is 0 Å². The molecule has 0 fully saturated rings. The van der Waals surface area contributed by atoms with Crippen LogP contribution >= 0.6 is 43.5 Å². The third-order valence-electron chi connectivity index (χ3n) is 2.74. The minimum Gasteiger partial charge on any atom is -0.388 e. The molecule has 0 bridgehead atoms. The third-order valence-corrected chi connectivity index (χ3v) is 4.56. The summed E-state index contributed by atoms with van der Waals surface area (Å²) in [5.74, 6) is -0.313. The van der Waals surface area contributed by atoms with Crippen molar-refractivity contribution in [2.75, 3.05) is 0 Å². The van der Waals surface area contributed by atoms with E-state index in [-0.39, 0.29) is 5.82 Å². The predicted molar refractivity (Wildman–Crippen MR) is 81.9 cm³/mol. The van der Waals surface area contributed by atoms with Gasteiger partial charge in [-0.15, -0.1) is 0 Å². The maximum absolute atomic E-state index is 13.1. The molecule has 0 aliphatic rings. The van der Waals surface area contributed by atoms with Crippen LogP contribution in [-0.2, 0) is 6.42 Å². The molecule has 2 aromatic carbocycles. The molecule has 1 nitrogen and oxygen atoms in total. The van der Waals surface area contributed by atoms with E-state index < -0.39 is 6.10 Å². The Labute approximate surface area is 132 Å². The molecule has 2 aromatic rings. The van der Waals surface area contributed by atoms with Crippen LogP contribution in [0.25, 0.3) is 0 Å². The Balaban J connectivity index is 2.17. The monoisotopic (exact) mass is 406 g/mol. The highest BCUT2D eigenvalue weighted by Crippen LogP contribution is 2.28. The number of benzene rings is 2. The molecule has 0 heterocycles. The first-order valence-electron chi connectivity index (χ1n) is 5.54.